The van der Waals surface area contributed by atoms with E-state index in [1.54, 1.807) is 12.1 Å². The number of rotatable bonds is 2. The molecule has 0 amide bonds. The number of fused-ring (bicyclic) bond motifs is 1. The van der Waals surface area contributed by atoms with E-state index in [-0.39, 0.29) is 17.3 Å². The number of nitrogens with two attached hydrogens (primary N) is 1. The van der Waals surface area contributed by atoms with Gasteiger partial charge in [0, 0.05) is 6.20 Å². The zero-order chi connectivity index (χ0) is 12.5. The molecule has 2 rings (SSSR count). The molecule has 0 atom stereocenters. The van der Waals surface area contributed by atoms with E-state index in [1.165, 1.54) is 6.20 Å². The maximum absolute atomic E-state index is 12.1. The summed E-state index contributed by atoms with van der Waals surface area (Å²) in [6.07, 6.45) is -2.89. The fourth-order valence-corrected chi connectivity index (χ4v) is 1.29. The predicted molar refractivity (Wildman–Crippen MR) is 56.3 cm³/mol. The number of hydrogen-bond acceptors (Lipinski definition) is 5. The van der Waals surface area contributed by atoms with E-state index in [4.69, 9.17) is 5.73 Å². The zero-order valence-corrected chi connectivity index (χ0v) is 8.49. The van der Waals surface area contributed by atoms with Crippen LogP contribution < -0.4 is 11.1 Å². The third kappa shape index (κ3) is 2.71. The van der Waals surface area contributed by atoms with Crippen molar-refractivity contribution >= 4 is 22.8 Å². The molecule has 0 aromatic carbocycles. The Labute approximate surface area is 93.9 Å². The van der Waals surface area contributed by atoms with Crippen molar-refractivity contribution in [3.05, 3.63) is 18.3 Å². The Hall–Kier alpha value is -2.12. The highest BCUT2D eigenvalue weighted by atomic mass is 19.4. The SMILES string of the molecule is Nc1nc(NCC(F)(F)F)c2ncccc2n1. The van der Waals surface area contributed by atoms with E-state index in [0.717, 1.165) is 0 Å². The average Bonchev–Trinajstić information content (AvgIpc) is 2.24. The molecule has 2 aromatic rings. The molecule has 17 heavy (non-hydrogen) atoms. The second-order valence-electron chi connectivity index (χ2n) is 3.27. The van der Waals surface area contributed by atoms with Crippen LogP contribution in [0, 0.1) is 0 Å². The van der Waals surface area contributed by atoms with Gasteiger partial charge in [-0.15, -0.1) is 0 Å². The Bertz CT molecular complexity index is 540. The van der Waals surface area contributed by atoms with Crippen molar-refractivity contribution in [1.82, 2.24) is 15.0 Å². The second-order valence-corrected chi connectivity index (χ2v) is 3.27. The van der Waals surface area contributed by atoms with Crippen molar-refractivity contribution in [2.45, 2.75) is 6.18 Å². The Morgan fingerprint density at radius 3 is 2.76 bits per heavy atom. The van der Waals surface area contributed by atoms with Crippen molar-refractivity contribution in [3.8, 4) is 0 Å². The minimum Gasteiger partial charge on any atom is -0.368 e. The largest absolute Gasteiger partial charge is 0.405 e. The zero-order valence-electron chi connectivity index (χ0n) is 8.49. The molecular formula is C9H8F3N5. The van der Waals surface area contributed by atoms with Crippen LogP contribution in [0.2, 0.25) is 0 Å². The van der Waals surface area contributed by atoms with Crippen LogP contribution in [0.25, 0.3) is 11.0 Å². The van der Waals surface area contributed by atoms with Crippen LogP contribution in [0.1, 0.15) is 0 Å². The molecule has 0 aliphatic heterocycles. The smallest absolute Gasteiger partial charge is 0.368 e. The lowest BCUT2D eigenvalue weighted by molar-refractivity contribution is -0.115. The molecular weight excluding hydrogens is 235 g/mol. The highest BCUT2D eigenvalue weighted by Gasteiger charge is 2.27. The summed E-state index contributed by atoms with van der Waals surface area (Å²) in [5.74, 6) is -0.124. The first-order valence-corrected chi connectivity index (χ1v) is 4.64. The highest BCUT2D eigenvalue weighted by Crippen LogP contribution is 2.21. The third-order valence-corrected chi connectivity index (χ3v) is 1.93. The minimum atomic E-state index is -4.33. The Morgan fingerprint density at radius 1 is 1.29 bits per heavy atom. The molecule has 90 valence electrons. The van der Waals surface area contributed by atoms with Crippen LogP contribution in [0.3, 0.4) is 0 Å². The van der Waals surface area contributed by atoms with Gasteiger partial charge in [0.25, 0.3) is 0 Å². The van der Waals surface area contributed by atoms with Crippen LogP contribution >= 0.6 is 0 Å². The molecule has 0 aliphatic carbocycles. The number of anilines is 2. The van der Waals surface area contributed by atoms with Crippen molar-refractivity contribution in [3.63, 3.8) is 0 Å². The molecule has 2 aromatic heterocycles. The lowest BCUT2D eigenvalue weighted by atomic mass is 10.3. The summed E-state index contributed by atoms with van der Waals surface area (Å²) in [7, 11) is 0. The molecule has 0 saturated carbocycles. The van der Waals surface area contributed by atoms with Gasteiger partial charge < -0.3 is 11.1 Å². The molecule has 0 bridgehead atoms. The van der Waals surface area contributed by atoms with Crippen molar-refractivity contribution in [1.29, 1.82) is 0 Å². The second kappa shape index (κ2) is 4.04. The van der Waals surface area contributed by atoms with Crippen LogP contribution in [0.15, 0.2) is 18.3 Å². The Kier molecular flexibility index (Phi) is 2.70. The quantitative estimate of drug-likeness (QED) is 0.837. The maximum Gasteiger partial charge on any atom is 0.405 e. The van der Waals surface area contributed by atoms with Gasteiger partial charge in [0.05, 0.1) is 5.52 Å². The number of aromatic nitrogens is 3. The van der Waals surface area contributed by atoms with E-state index >= 15 is 0 Å². The van der Waals surface area contributed by atoms with E-state index in [9.17, 15) is 13.2 Å². The minimum absolute atomic E-state index is 0.0228. The molecule has 8 heteroatoms. The van der Waals surface area contributed by atoms with Gasteiger partial charge in [-0.05, 0) is 12.1 Å². The Morgan fingerprint density at radius 2 is 2.06 bits per heavy atom. The molecule has 3 N–H and O–H groups in total. The lowest BCUT2D eigenvalue weighted by Crippen LogP contribution is -2.22. The van der Waals surface area contributed by atoms with Gasteiger partial charge in [-0.25, -0.2) is 4.98 Å². The first-order chi connectivity index (χ1) is 7.96. The topological polar surface area (TPSA) is 76.7 Å². The van der Waals surface area contributed by atoms with E-state index in [1.807, 2.05) is 0 Å². The first-order valence-electron chi connectivity index (χ1n) is 4.64. The van der Waals surface area contributed by atoms with Crippen LogP contribution in [-0.2, 0) is 0 Å². The van der Waals surface area contributed by atoms with Crippen molar-refractivity contribution in [2.75, 3.05) is 17.6 Å². The molecule has 0 unspecified atom stereocenters. The van der Waals surface area contributed by atoms with E-state index < -0.39 is 12.7 Å². The molecule has 0 saturated heterocycles. The van der Waals surface area contributed by atoms with Gasteiger partial charge in [-0.1, -0.05) is 0 Å². The normalized spacial score (nSPS) is 11.7. The first kappa shape index (κ1) is 11.4. The van der Waals surface area contributed by atoms with E-state index in [0.29, 0.717) is 5.52 Å². The number of pyridine rings is 1. The van der Waals surface area contributed by atoms with Crippen molar-refractivity contribution in [2.24, 2.45) is 0 Å². The summed E-state index contributed by atoms with van der Waals surface area (Å²) in [5.41, 5.74) is 6.04. The maximum atomic E-state index is 12.1. The number of nitrogens with one attached hydrogen (secondary N) is 1. The van der Waals surface area contributed by atoms with Gasteiger partial charge in [0.2, 0.25) is 5.95 Å². The average molecular weight is 243 g/mol. The van der Waals surface area contributed by atoms with Gasteiger partial charge in [0.1, 0.15) is 12.1 Å². The fourth-order valence-electron chi connectivity index (χ4n) is 1.29. The summed E-state index contributed by atoms with van der Waals surface area (Å²) in [5, 5.41) is 2.15. The van der Waals surface area contributed by atoms with Gasteiger partial charge >= 0.3 is 6.18 Å². The number of nitrogens with zero attached hydrogens (tertiary/aromatic N) is 3. The summed E-state index contributed by atoms with van der Waals surface area (Å²) >= 11 is 0. The van der Waals surface area contributed by atoms with Gasteiger partial charge in [-0.2, -0.15) is 18.2 Å². The molecule has 0 aliphatic rings. The lowest BCUT2D eigenvalue weighted by Gasteiger charge is -2.10. The molecule has 0 fully saturated rings. The summed E-state index contributed by atoms with van der Waals surface area (Å²) < 4.78 is 36.3. The van der Waals surface area contributed by atoms with Crippen LogP contribution in [-0.4, -0.2) is 27.7 Å². The third-order valence-electron chi connectivity index (χ3n) is 1.93. The number of nitrogen functional groups attached to an aromatic ring is 1. The van der Waals surface area contributed by atoms with Crippen LogP contribution in [0.4, 0.5) is 24.9 Å². The number of alkyl halides is 3. The molecule has 2 heterocycles. The summed E-state index contributed by atoms with van der Waals surface area (Å²) in [6, 6.07) is 3.21. The predicted octanol–water partition coefficient (Wildman–Crippen LogP) is 1.58. The van der Waals surface area contributed by atoms with Gasteiger partial charge in [-0.3, -0.25) is 4.98 Å². The van der Waals surface area contributed by atoms with Crippen molar-refractivity contribution < 1.29 is 13.2 Å². The highest BCUT2D eigenvalue weighted by molar-refractivity contribution is 5.85. The molecule has 5 nitrogen and oxygen atoms in total. The van der Waals surface area contributed by atoms with E-state index in [2.05, 4.69) is 20.3 Å². The summed E-state index contributed by atoms with van der Waals surface area (Å²) in [4.78, 5) is 11.5. The number of hydrogen-bond donors (Lipinski definition) is 2. The Balaban J connectivity index is 2.39. The number of halogens is 3. The van der Waals surface area contributed by atoms with Gasteiger partial charge in [0.15, 0.2) is 5.82 Å². The van der Waals surface area contributed by atoms with Crippen LogP contribution in [0.5, 0.6) is 0 Å². The standard InChI is InChI=1S/C9H8F3N5/c10-9(11,12)4-15-7-6-5(2-1-3-14-6)16-8(13)17-7/h1-3H,4H2,(H3,13,15,16,17). The monoisotopic (exact) mass is 243 g/mol. The molecule has 0 spiro atoms. The molecule has 0 radical (unpaired) electrons. The summed E-state index contributed by atoms with van der Waals surface area (Å²) in [6.45, 7) is -1.20. The fraction of sp³-hybridized carbons (Fsp3) is 0.222.